The topological polar surface area (TPSA) is 46.2 Å². The van der Waals surface area contributed by atoms with Crippen LogP contribution in [0.4, 0.5) is 5.69 Å². The zero-order chi connectivity index (χ0) is 13.5. The van der Waals surface area contributed by atoms with Crippen LogP contribution in [0.1, 0.15) is 0 Å². The molecule has 0 aliphatic carbocycles. The predicted octanol–water partition coefficient (Wildman–Crippen LogP) is 4.53. The second-order valence-electron chi connectivity index (χ2n) is 3.83. The van der Waals surface area contributed by atoms with Crippen molar-refractivity contribution in [2.45, 2.75) is 4.21 Å². The summed E-state index contributed by atoms with van der Waals surface area (Å²) < 4.78 is 29.1. The van der Waals surface area contributed by atoms with Gasteiger partial charge in [0.1, 0.15) is 0 Å². The second kappa shape index (κ2) is 4.90. The third-order valence-electron chi connectivity index (χ3n) is 2.53. The minimum Gasteiger partial charge on any atom is -0.279 e. The summed E-state index contributed by atoms with van der Waals surface area (Å²) >= 11 is 6.06. The molecule has 0 aliphatic heterocycles. The smallest absolute Gasteiger partial charge is 0.272 e. The summed E-state index contributed by atoms with van der Waals surface area (Å²) in [6.45, 7) is 0. The Morgan fingerprint density at radius 1 is 1.05 bits per heavy atom. The molecule has 0 atom stereocenters. The van der Waals surface area contributed by atoms with Crippen LogP contribution in [0.15, 0.2) is 49.8 Å². The Bertz CT molecular complexity index is 835. The highest BCUT2D eigenvalue weighted by Crippen LogP contribution is 2.30. The van der Waals surface area contributed by atoms with E-state index in [0.717, 1.165) is 10.1 Å². The molecule has 0 bridgehead atoms. The number of nitrogens with one attached hydrogen (secondary N) is 1. The van der Waals surface area contributed by atoms with Crippen LogP contribution in [-0.4, -0.2) is 8.42 Å². The van der Waals surface area contributed by atoms with Gasteiger partial charge in [-0.1, -0.05) is 0 Å². The predicted molar refractivity (Wildman–Crippen MR) is 84.7 cm³/mol. The highest BCUT2D eigenvalue weighted by atomic mass is 79.9. The molecule has 19 heavy (non-hydrogen) atoms. The first-order chi connectivity index (χ1) is 9.06. The summed E-state index contributed by atoms with van der Waals surface area (Å²) in [5.41, 5.74) is 0.575. The highest BCUT2D eigenvalue weighted by Gasteiger charge is 2.19. The van der Waals surface area contributed by atoms with E-state index >= 15 is 0 Å². The lowest BCUT2D eigenvalue weighted by Crippen LogP contribution is -2.11. The van der Waals surface area contributed by atoms with Gasteiger partial charge in [-0.15, -0.1) is 22.7 Å². The van der Waals surface area contributed by atoms with Crippen LogP contribution in [0.25, 0.3) is 10.1 Å². The molecule has 3 aromatic rings. The molecule has 2 heterocycles. The van der Waals surface area contributed by atoms with Crippen molar-refractivity contribution in [1.29, 1.82) is 0 Å². The van der Waals surface area contributed by atoms with E-state index in [0.29, 0.717) is 10.2 Å². The van der Waals surface area contributed by atoms with Gasteiger partial charge < -0.3 is 0 Å². The van der Waals surface area contributed by atoms with Crippen LogP contribution in [0.3, 0.4) is 0 Å². The standard InChI is InChI=1S/C12H8BrNO2S3/c13-10-4-6-18-12(10)19(15,16)14-9-1-2-11-8(7-9)3-5-17-11/h1-7,14H. The van der Waals surface area contributed by atoms with Crippen LogP contribution in [0.2, 0.25) is 0 Å². The van der Waals surface area contributed by atoms with E-state index in [1.165, 1.54) is 11.3 Å². The Kier molecular flexibility index (Phi) is 3.38. The van der Waals surface area contributed by atoms with Crippen molar-refractivity contribution >= 4 is 64.4 Å². The molecule has 1 N–H and O–H groups in total. The number of benzene rings is 1. The quantitative estimate of drug-likeness (QED) is 0.732. The molecule has 0 amide bonds. The molecule has 1 aromatic carbocycles. The Balaban J connectivity index is 1.98. The molecule has 7 heteroatoms. The van der Waals surface area contributed by atoms with E-state index in [9.17, 15) is 8.42 Å². The summed E-state index contributed by atoms with van der Waals surface area (Å²) in [7, 11) is -3.53. The van der Waals surface area contributed by atoms with Crippen molar-refractivity contribution in [3.63, 3.8) is 0 Å². The molecule has 98 valence electrons. The van der Waals surface area contributed by atoms with Gasteiger partial charge in [-0.05, 0) is 62.4 Å². The minimum atomic E-state index is -3.53. The summed E-state index contributed by atoms with van der Waals surface area (Å²) in [6, 6.07) is 9.23. The third-order valence-corrected chi connectivity index (χ3v) is 7.48. The van der Waals surface area contributed by atoms with Crippen molar-refractivity contribution in [1.82, 2.24) is 0 Å². The molecule has 0 aliphatic rings. The fraction of sp³-hybridized carbons (Fsp3) is 0. The molecular weight excluding hydrogens is 366 g/mol. The number of fused-ring (bicyclic) bond motifs is 1. The highest BCUT2D eigenvalue weighted by molar-refractivity contribution is 9.10. The number of sulfonamides is 1. The maximum Gasteiger partial charge on any atom is 0.272 e. The Hall–Kier alpha value is -0.890. The summed E-state index contributed by atoms with van der Waals surface area (Å²) in [5, 5.41) is 4.76. The number of anilines is 1. The molecular formula is C12H8BrNO2S3. The van der Waals surface area contributed by atoms with Crippen molar-refractivity contribution in [3.8, 4) is 0 Å². The van der Waals surface area contributed by atoms with E-state index in [2.05, 4.69) is 20.7 Å². The number of halogens is 1. The van der Waals surface area contributed by atoms with E-state index in [1.54, 1.807) is 28.8 Å². The van der Waals surface area contributed by atoms with Crippen LogP contribution >= 0.6 is 38.6 Å². The minimum absolute atomic E-state index is 0.290. The van der Waals surface area contributed by atoms with Gasteiger partial charge in [0.25, 0.3) is 10.0 Å². The molecule has 0 saturated heterocycles. The van der Waals surface area contributed by atoms with Gasteiger partial charge in [-0.3, -0.25) is 4.72 Å². The maximum atomic E-state index is 12.2. The fourth-order valence-electron chi connectivity index (χ4n) is 1.70. The third kappa shape index (κ3) is 2.55. The summed E-state index contributed by atoms with van der Waals surface area (Å²) in [4.78, 5) is 0. The molecule has 3 nitrogen and oxygen atoms in total. The second-order valence-corrected chi connectivity index (χ2v) is 8.43. The fourth-order valence-corrected chi connectivity index (χ4v) is 5.86. The Morgan fingerprint density at radius 2 is 1.84 bits per heavy atom. The number of thiophene rings is 2. The lowest BCUT2D eigenvalue weighted by molar-refractivity contribution is 0.603. The van der Waals surface area contributed by atoms with E-state index < -0.39 is 10.0 Å². The molecule has 0 fully saturated rings. The van der Waals surface area contributed by atoms with Gasteiger partial charge in [-0.2, -0.15) is 0 Å². The lowest BCUT2D eigenvalue weighted by atomic mass is 10.2. The molecule has 0 unspecified atom stereocenters. The van der Waals surface area contributed by atoms with Crippen LogP contribution in [0, 0.1) is 0 Å². The maximum absolute atomic E-state index is 12.2. The molecule has 0 saturated carbocycles. The molecule has 0 radical (unpaired) electrons. The van der Waals surface area contributed by atoms with Gasteiger partial charge >= 0.3 is 0 Å². The van der Waals surface area contributed by atoms with Crippen LogP contribution in [0.5, 0.6) is 0 Å². The van der Waals surface area contributed by atoms with Gasteiger partial charge in [0.15, 0.2) is 4.21 Å². The van der Waals surface area contributed by atoms with Crippen molar-refractivity contribution in [2.24, 2.45) is 0 Å². The van der Waals surface area contributed by atoms with Crippen LogP contribution in [-0.2, 0) is 10.0 Å². The van der Waals surface area contributed by atoms with Crippen molar-refractivity contribution in [3.05, 3.63) is 45.6 Å². The monoisotopic (exact) mass is 373 g/mol. The van der Waals surface area contributed by atoms with E-state index in [1.807, 2.05) is 23.6 Å². The van der Waals surface area contributed by atoms with Gasteiger partial charge in [0.05, 0.1) is 0 Å². The van der Waals surface area contributed by atoms with Gasteiger partial charge in [0.2, 0.25) is 0 Å². The largest absolute Gasteiger partial charge is 0.279 e. The zero-order valence-electron chi connectivity index (χ0n) is 9.46. The first kappa shape index (κ1) is 13.1. The summed E-state index contributed by atoms with van der Waals surface area (Å²) in [5.74, 6) is 0. The number of hydrogen-bond donors (Lipinski definition) is 1. The van der Waals surface area contributed by atoms with Gasteiger partial charge in [0, 0.05) is 14.9 Å². The van der Waals surface area contributed by atoms with Crippen LogP contribution < -0.4 is 4.72 Å². The first-order valence-electron chi connectivity index (χ1n) is 5.29. The average molecular weight is 374 g/mol. The first-order valence-corrected chi connectivity index (χ1v) is 9.33. The summed E-state index contributed by atoms with van der Waals surface area (Å²) in [6.07, 6.45) is 0. The molecule has 0 spiro atoms. The Labute approximate surface area is 127 Å². The van der Waals surface area contributed by atoms with Gasteiger partial charge in [-0.25, -0.2) is 8.42 Å². The van der Waals surface area contributed by atoms with E-state index in [4.69, 9.17) is 0 Å². The van der Waals surface area contributed by atoms with E-state index in [-0.39, 0.29) is 4.21 Å². The Morgan fingerprint density at radius 3 is 2.58 bits per heavy atom. The number of hydrogen-bond acceptors (Lipinski definition) is 4. The normalized spacial score (nSPS) is 11.8. The number of rotatable bonds is 3. The lowest BCUT2D eigenvalue weighted by Gasteiger charge is -2.07. The SMILES string of the molecule is O=S(=O)(Nc1ccc2sccc2c1)c1sccc1Br. The zero-order valence-corrected chi connectivity index (χ0v) is 13.5. The molecule has 2 aromatic heterocycles. The van der Waals surface area contributed by atoms with Crippen molar-refractivity contribution < 1.29 is 8.42 Å². The van der Waals surface area contributed by atoms with Crippen molar-refractivity contribution in [2.75, 3.05) is 4.72 Å². The molecule has 3 rings (SSSR count). The average Bonchev–Trinajstić information content (AvgIpc) is 2.96.